The maximum Gasteiger partial charge on any atom is 0.434 e. The Hall–Kier alpha value is -2.45. The van der Waals surface area contributed by atoms with Crippen LogP contribution in [0, 0.1) is 0 Å². The van der Waals surface area contributed by atoms with Crippen molar-refractivity contribution in [2.45, 2.75) is 13.0 Å². The number of aromatic nitrogens is 4. The van der Waals surface area contributed by atoms with Gasteiger partial charge in [0.25, 0.3) is 0 Å². The van der Waals surface area contributed by atoms with Gasteiger partial charge >= 0.3 is 5.76 Å². The fraction of sp³-hybridized carbons (Fsp3) is 0.286. The largest absolute Gasteiger partial charge is 0.434 e. The summed E-state index contributed by atoms with van der Waals surface area (Å²) in [6, 6.07) is 7.22. The van der Waals surface area contributed by atoms with Crippen molar-refractivity contribution in [2.75, 3.05) is 13.6 Å². The van der Waals surface area contributed by atoms with Crippen LogP contribution in [0.4, 0.5) is 0 Å². The van der Waals surface area contributed by atoms with Gasteiger partial charge in [-0.25, -0.2) is 9.89 Å². The van der Waals surface area contributed by atoms with Crippen molar-refractivity contribution in [1.29, 1.82) is 0 Å². The van der Waals surface area contributed by atoms with Gasteiger partial charge in [-0.2, -0.15) is 4.98 Å². The van der Waals surface area contributed by atoms with E-state index in [1.165, 1.54) is 0 Å². The summed E-state index contributed by atoms with van der Waals surface area (Å²) >= 11 is 5.85. The van der Waals surface area contributed by atoms with E-state index >= 15 is 0 Å². The molecule has 0 aliphatic carbocycles. The van der Waals surface area contributed by atoms with Gasteiger partial charge in [-0.1, -0.05) is 16.8 Å². The molecule has 0 amide bonds. The lowest BCUT2D eigenvalue weighted by Gasteiger charge is -2.11. The van der Waals surface area contributed by atoms with E-state index in [1.807, 2.05) is 24.1 Å². The molecule has 0 spiro atoms. The molecule has 0 radical (unpaired) electrons. The molecule has 0 aliphatic heterocycles. The highest BCUT2D eigenvalue weighted by Crippen LogP contribution is 2.18. The predicted molar refractivity (Wildman–Crippen MR) is 81.9 cm³/mol. The van der Waals surface area contributed by atoms with Crippen LogP contribution in [0.5, 0.6) is 0 Å². The Morgan fingerprint density at radius 3 is 2.74 bits per heavy atom. The molecule has 120 valence electrons. The summed E-state index contributed by atoms with van der Waals surface area (Å²) in [5.41, 5.74) is 0.844. The first-order valence-corrected chi connectivity index (χ1v) is 7.29. The zero-order valence-electron chi connectivity index (χ0n) is 12.3. The third-order valence-electron chi connectivity index (χ3n) is 3.17. The molecule has 2 aromatic heterocycles. The van der Waals surface area contributed by atoms with Crippen LogP contribution >= 0.6 is 11.6 Å². The van der Waals surface area contributed by atoms with Gasteiger partial charge in [-0.3, -0.25) is 4.90 Å². The third-order valence-corrected chi connectivity index (χ3v) is 3.42. The van der Waals surface area contributed by atoms with E-state index in [9.17, 15) is 4.79 Å². The first-order valence-electron chi connectivity index (χ1n) is 6.91. The minimum atomic E-state index is -0.557. The number of likely N-dealkylation sites (N-methyl/N-ethyl adjacent to an activating group) is 1. The van der Waals surface area contributed by atoms with Crippen molar-refractivity contribution in [3.8, 4) is 11.4 Å². The van der Waals surface area contributed by atoms with E-state index in [0.29, 0.717) is 42.1 Å². The summed E-state index contributed by atoms with van der Waals surface area (Å²) in [7, 11) is 1.88. The molecule has 0 atom stereocenters. The third kappa shape index (κ3) is 4.05. The molecule has 3 rings (SSSR count). The molecule has 0 bridgehead atoms. The van der Waals surface area contributed by atoms with Gasteiger partial charge in [0.2, 0.25) is 17.6 Å². The fourth-order valence-electron chi connectivity index (χ4n) is 2.00. The van der Waals surface area contributed by atoms with E-state index in [-0.39, 0.29) is 0 Å². The second kappa shape index (κ2) is 6.76. The Morgan fingerprint density at radius 2 is 2.04 bits per heavy atom. The van der Waals surface area contributed by atoms with Crippen molar-refractivity contribution < 1.29 is 8.94 Å². The van der Waals surface area contributed by atoms with Crippen LogP contribution in [0.25, 0.3) is 11.4 Å². The normalized spacial score (nSPS) is 11.3. The van der Waals surface area contributed by atoms with Gasteiger partial charge in [0.1, 0.15) is 0 Å². The molecule has 1 aromatic carbocycles. The highest BCUT2D eigenvalue weighted by molar-refractivity contribution is 6.30. The average molecular weight is 336 g/mol. The smallest absolute Gasteiger partial charge is 0.391 e. The van der Waals surface area contributed by atoms with Crippen LogP contribution in [0.1, 0.15) is 11.8 Å². The Morgan fingerprint density at radius 1 is 1.26 bits per heavy atom. The summed E-state index contributed by atoms with van der Waals surface area (Å²) in [5, 5.41) is 10.6. The van der Waals surface area contributed by atoms with Gasteiger partial charge in [0.05, 0.1) is 6.54 Å². The minimum Gasteiger partial charge on any atom is -0.391 e. The molecule has 0 fully saturated rings. The summed E-state index contributed by atoms with van der Waals surface area (Å²) in [4.78, 5) is 17.2. The van der Waals surface area contributed by atoms with E-state index in [2.05, 4.69) is 20.3 Å². The molecular formula is C14H14ClN5O3. The van der Waals surface area contributed by atoms with Crippen LogP contribution in [-0.2, 0) is 13.0 Å². The summed E-state index contributed by atoms with van der Waals surface area (Å²) in [6.45, 7) is 1.07. The number of nitrogens with zero attached hydrogens (tertiary/aromatic N) is 4. The SMILES string of the molecule is CN(CCc1nc(-c2ccc(Cl)cc2)no1)Cc1n[nH]c(=O)o1. The summed E-state index contributed by atoms with van der Waals surface area (Å²) in [6.07, 6.45) is 0.575. The Kier molecular flexibility index (Phi) is 4.54. The van der Waals surface area contributed by atoms with Gasteiger partial charge in [0, 0.05) is 23.6 Å². The van der Waals surface area contributed by atoms with Crippen molar-refractivity contribution in [2.24, 2.45) is 0 Å². The topological polar surface area (TPSA) is 101 Å². The molecule has 0 aliphatic rings. The highest BCUT2D eigenvalue weighted by atomic mass is 35.5. The number of rotatable bonds is 6. The van der Waals surface area contributed by atoms with Crippen LogP contribution in [0.3, 0.4) is 0 Å². The lowest BCUT2D eigenvalue weighted by Crippen LogP contribution is -2.21. The Labute approximate surface area is 136 Å². The zero-order valence-corrected chi connectivity index (χ0v) is 13.1. The Balaban J connectivity index is 1.56. The summed E-state index contributed by atoms with van der Waals surface area (Å²) in [5.74, 6) is 0.839. The number of benzene rings is 1. The highest BCUT2D eigenvalue weighted by Gasteiger charge is 2.11. The van der Waals surface area contributed by atoms with Crippen molar-refractivity contribution >= 4 is 11.6 Å². The number of nitrogens with one attached hydrogen (secondary N) is 1. The average Bonchev–Trinajstić information content (AvgIpc) is 3.15. The molecule has 0 unspecified atom stereocenters. The maximum atomic E-state index is 10.9. The Bertz CT molecular complexity index is 823. The number of hydrogen-bond donors (Lipinski definition) is 1. The van der Waals surface area contributed by atoms with Gasteiger partial charge in [0.15, 0.2) is 0 Å². The fourth-order valence-corrected chi connectivity index (χ4v) is 2.12. The molecular weight excluding hydrogens is 322 g/mol. The van der Waals surface area contributed by atoms with Gasteiger partial charge in [-0.05, 0) is 31.3 Å². The number of hydrogen-bond acceptors (Lipinski definition) is 7. The van der Waals surface area contributed by atoms with Crippen molar-refractivity contribution in [3.63, 3.8) is 0 Å². The second-order valence-electron chi connectivity index (χ2n) is 5.01. The standard InChI is InChI=1S/C14H14ClN5O3/c1-20(8-12-17-18-14(21)22-12)7-6-11-16-13(19-23-11)9-2-4-10(15)5-3-9/h2-5H,6-8H2,1H3,(H,18,21). The first-order chi connectivity index (χ1) is 11.1. The summed E-state index contributed by atoms with van der Waals surface area (Å²) < 4.78 is 10.1. The molecule has 8 nitrogen and oxygen atoms in total. The second-order valence-corrected chi connectivity index (χ2v) is 5.45. The lowest BCUT2D eigenvalue weighted by molar-refractivity contribution is 0.273. The van der Waals surface area contributed by atoms with E-state index in [4.69, 9.17) is 20.5 Å². The van der Waals surface area contributed by atoms with Crippen LogP contribution in [-0.4, -0.2) is 38.8 Å². The molecule has 9 heteroatoms. The first kappa shape index (κ1) is 15.4. The van der Waals surface area contributed by atoms with E-state index in [0.717, 1.165) is 5.56 Å². The molecule has 23 heavy (non-hydrogen) atoms. The van der Waals surface area contributed by atoms with E-state index in [1.54, 1.807) is 12.1 Å². The zero-order chi connectivity index (χ0) is 16.2. The number of aromatic amines is 1. The predicted octanol–water partition coefficient (Wildman–Crippen LogP) is 1.74. The van der Waals surface area contributed by atoms with Crippen molar-refractivity contribution in [3.05, 3.63) is 51.6 Å². The van der Waals surface area contributed by atoms with Crippen LogP contribution < -0.4 is 5.76 Å². The van der Waals surface area contributed by atoms with Crippen LogP contribution in [0.2, 0.25) is 5.02 Å². The minimum absolute atomic E-state index is 0.338. The lowest BCUT2D eigenvalue weighted by atomic mass is 10.2. The molecule has 2 heterocycles. The molecule has 1 N–H and O–H groups in total. The number of halogens is 1. The monoisotopic (exact) mass is 335 g/mol. The van der Waals surface area contributed by atoms with Crippen molar-refractivity contribution in [1.82, 2.24) is 25.2 Å². The quantitative estimate of drug-likeness (QED) is 0.732. The van der Waals surface area contributed by atoms with Crippen LogP contribution in [0.15, 0.2) is 38.0 Å². The maximum absolute atomic E-state index is 10.9. The van der Waals surface area contributed by atoms with E-state index < -0.39 is 5.76 Å². The molecule has 3 aromatic rings. The molecule has 0 saturated heterocycles. The molecule has 0 saturated carbocycles. The van der Waals surface area contributed by atoms with Gasteiger partial charge in [-0.15, -0.1) is 5.10 Å². The van der Waals surface area contributed by atoms with Gasteiger partial charge < -0.3 is 8.94 Å². The number of H-pyrrole nitrogens is 1.